The highest BCUT2D eigenvalue weighted by atomic mass is 35.5. The fraction of sp³-hybridized carbons (Fsp3) is 0.176. The third-order valence-electron chi connectivity index (χ3n) is 3.90. The van der Waals surface area contributed by atoms with Gasteiger partial charge in [0.05, 0.1) is 5.02 Å². The number of fused-ring (bicyclic) bond motifs is 1. The Morgan fingerprint density at radius 3 is 2.58 bits per heavy atom. The number of carbonyl (C=O) groups is 1. The fourth-order valence-electron chi connectivity index (χ4n) is 2.77. The van der Waals surface area contributed by atoms with Gasteiger partial charge in [0.1, 0.15) is 0 Å². The zero-order valence-electron chi connectivity index (χ0n) is 12.6. The van der Waals surface area contributed by atoms with Crippen molar-refractivity contribution in [2.45, 2.75) is 20.0 Å². The molecule has 0 amide bonds. The van der Waals surface area contributed by atoms with Gasteiger partial charge in [0, 0.05) is 17.5 Å². The van der Waals surface area contributed by atoms with Crippen molar-refractivity contribution in [3.8, 4) is 0 Å². The normalized spacial score (nSPS) is 11.4. The summed E-state index contributed by atoms with van der Waals surface area (Å²) in [7, 11) is 0. The first-order valence-electron chi connectivity index (χ1n) is 7.16. The molecule has 0 aliphatic rings. The molecule has 0 bridgehead atoms. The van der Waals surface area contributed by atoms with Crippen molar-refractivity contribution in [2.24, 2.45) is 0 Å². The molecule has 0 saturated carbocycles. The molecule has 7 heteroatoms. The predicted molar refractivity (Wildman–Crippen MR) is 88.9 cm³/mol. The Kier molecular flexibility index (Phi) is 4.56. The van der Waals surface area contributed by atoms with Crippen molar-refractivity contribution < 1.29 is 18.1 Å². The van der Waals surface area contributed by atoms with Gasteiger partial charge in [0.25, 0.3) is 5.82 Å². The van der Waals surface area contributed by atoms with Crippen LogP contribution in [-0.4, -0.2) is 10.4 Å². The standard InChI is InChI=1S/C17H13Cl2F2N2O/c1-10-22(9-16(24)12-7-6-11(18)8-13(12)19)14-4-2-3-5-15(14)23(10)17(20)21/h2-8,17H,9H2,1H3/q+1. The van der Waals surface area contributed by atoms with E-state index in [4.69, 9.17) is 23.2 Å². The van der Waals surface area contributed by atoms with Crippen molar-refractivity contribution in [2.75, 3.05) is 0 Å². The first-order chi connectivity index (χ1) is 11.4. The van der Waals surface area contributed by atoms with Crippen LogP contribution in [0, 0.1) is 6.92 Å². The molecule has 0 aliphatic carbocycles. The van der Waals surface area contributed by atoms with E-state index in [0.717, 1.165) is 4.57 Å². The van der Waals surface area contributed by atoms with E-state index < -0.39 is 6.55 Å². The quantitative estimate of drug-likeness (QED) is 0.478. The summed E-state index contributed by atoms with van der Waals surface area (Å²) in [5.74, 6) is 0.0200. The van der Waals surface area contributed by atoms with E-state index in [1.54, 1.807) is 41.8 Å². The summed E-state index contributed by atoms with van der Waals surface area (Å²) in [6.45, 7) is -1.22. The lowest BCUT2D eigenvalue weighted by atomic mass is 10.1. The molecular formula is C17H13Cl2F2N2O+. The van der Waals surface area contributed by atoms with Gasteiger partial charge in [-0.1, -0.05) is 35.3 Å². The lowest BCUT2D eigenvalue weighted by Crippen LogP contribution is -2.40. The van der Waals surface area contributed by atoms with Gasteiger partial charge < -0.3 is 0 Å². The molecule has 0 fully saturated rings. The summed E-state index contributed by atoms with van der Waals surface area (Å²) in [6, 6.07) is 11.3. The van der Waals surface area contributed by atoms with Crippen LogP contribution in [0.5, 0.6) is 0 Å². The second-order valence-corrected chi connectivity index (χ2v) is 6.16. The number of hydrogen-bond donors (Lipinski definition) is 0. The van der Waals surface area contributed by atoms with Crippen LogP contribution in [-0.2, 0) is 6.54 Å². The van der Waals surface area contributed by atoms with E-state index in [0.29, 0.717) is 27.4 Å². The van der Waals surface area contributed by atoms with Crippen LogP contribution in [0.25, 0.3) is 11.0 Å². The molecular weight excluding hydrogens is 357 g/mol. The van der Waals surface area contributed by atoms with Crippen LogP contribution in [0.1, 0.15) is 22.7 Å². The highest BCUT2D eigenvalue weighted by Gasteiger charge is 2.28. The largest absolute Gasteiger partial charge is 0.387 e. The molecule has 0 radical (unpaired) electrons. The molecule has 0 saturated heterocycles. The summed E-state index contributed by atoms with van der Waals surface area (Å²) in [5, 5.41) is 0.665. The van der Waals surface area contributed by atoms with Crippen LogP contribution in [0.4, 0.5) is 8.78 Å². The molecule has 2 aromatic carbocycles. The maximum Gasteiger partial charge on any atom is 0.387 e. The number of rotatable bonds is 4. The second-order valence-electron chi connectivity index (χ2n) is 5.32. The highest BCUT2D eigenvalue weighted by Crippen LogP contribution is 2.23. The number of carbonyl (C=O) groups excluding carboxylic acids is 1. The molecule has 124 valence electrons. The fourth-order valence-corrected chi connectivity index (χ4v) is 3.28. The third kappa shape index (κ3) is 2.89. The zero-order valence-corrected chi connectivity index (χ0v) is 14.2. The summed E-state index contributed by atoms with van der Waals surface area (Å²) < 4.78 is 29.2. The Morgan fingerprint density at radius 1 is 1.21 bits per heavy atom. The minimum atomic E-state index is -2.69. The van der Waals surface area contributed by atoms with Crippen molar-refractivity contribution >= 4 is 40.0 Å². The number of alkyl halides is 2. The van der Waals surface area contributed by atoms with E-state index >= 15 is 0 Å². The molecule has 1 heterocycles. The lowest BCUT2D eigenvalue weighted by Gasteiger charge is -2.04. The van der Waals surface area contributed by atoms with E-state index in [1.165, 1.54) is 12.1 Å². The van der Waals surface area contributed by atoms with Crippen molar-refractivity contribution in [3.05, 3.63) is 63.9 Å². The Balaban J connectivity index is 2.07. The van der Waals surface area contributed by atoms with Gasteiger partial charge in [-0.15, -0.1) is 0 Å². The Bertz CT molecular complexity index is 938. The second kappa shape index (κ2) is 6.49. The molecule has 0 spiro atoms. The molecule has 3 rings (SSSR count). The molecule has 1 aromatic heterocycles. The van der Waals surface area contributed by atoms with Gasteiger partial charge in [-0.2, -0.15) is 13.3 Å². The highest BCUT2D eigenvalue weighted by molar-refractivity contribution is 6.36. The summed E-state index contributed by atoms with van der Waals surface area (Å²) in [4.78, 5) is 12.6. The number of halogens is 4. The van der Waals surface area contributed by atoms with E-state index in [1.807, 2.05) is 0 Å². The molecule has 3 aromatic rings. The molecule has 24 heavy (non-hydrogen) atoms. The number of imidazole rings is 1. The maximum atomic E-state index is 13.4. The van der Waals surface area contributed by atoms with Gasteiger partial charge in [-0.3, -0.25) is 4.79 Å². The van der Waals surface area contributed by atoms with Crippen molar-refractivity contribution in [1.29, 1.82) is 0 Å². The number of aromatic nitrogens is 2. The Morgan fingerprint density at radius 2 is 1.92 bits per heavy atom. The van der Waals surface area contributed by atoms with Crippen LogP contribution in [0.15, 0.2) is 42.5 Å². The Hall–Kier alpha value is -1.98. The number of ketones is 1. The summed E-state index contributed by atoms with van der Waals surface area (Å²) in [5.41, 5.74) is 1.25. The minimum Gasteiger partial charge on any atom is -0.290 e. The Labute approximate surface area is 147 Å². The van der Waals surface area contributed by atoms with Crippen molar-refractivity contribution in [1.82, 2.24) is 4.57 Å². The molecule has 0 unspecified atom stereocenters. The van der Waals surface area contributed by atoms with E-state index in [-0.39, 0.29) is 17.4 Å². The molecule has 0 aliphatic heterocycles. The number of Topliss-reactive ketones (excluding diaryl/α,β-unsaturated/α-hetero) is 1. The average molecular weight is 370 g/mol. The number of benzene rings is 2. The average Bonchev–Trinajstić information content (AvgIpc) is 2.79. The van der Waals surface area contributed by atoms with Crippen molar-refractivity contribution in [3.63, 3.8) is 0 Å². The van der Waals surface area contributed by atoms with Gasteiger partial charge in [-0.05, 0) is 30.3 Å². The minimum absolute atomic E-state index is 0.0899. The third-order valence-corrected chi connectivity index (χ3v) is 4.45. The van der Waals surface area contributed by atoms with Crippen LogP contribution < -0.4 is 4.57 Å². The summed E-state index contributed by atoms with van der Waals surface area (Å²) >= 11 is 11.9. The van der Waals surface area contributed by atoms with Gasteiger partial charge in [0.15, 0.2) is 17.6 Å². The zero-order chi connectivity index (χ0) is 17.4. The van der Waals surface area contributed by atoms with Gasteiger partial charge >= 0.3 is 6.55 Å². The van der Waals surface area contributed by atoms with Crippen LogP contribution in [0.3, 0.4) is 0 Å². The predicted octanol–water partition coefficient (Wildman–Crippen LogP) is 4.82. The first-order valence-corrected chi connectivity index (χ1v) is 7.91. The topological polar surface area (TPSA) is 25.9 Å². The number of para-hydroxylation sites is 2. The molecule has 0 atom stereocenters. The molecule has 3 nitrogen and oxygen atoms in total. The first kappa shape index (κ1) is 16.9. The molecule has 0 N–H and O–H groups in total. The summed E-state index contributed by atoms with van der Waals surface area (Å²) in [6.07, 6.45) is 0. The van der Waals surface area contributed by atoms with Gasteiger partial charge in [0.2, 0.25) is 5.78 Å². The number of nitrogens with zero attached hydrogens (tertiary/aromatic N) is 2. The van der Waals surface area contributed by atoms with Crippen LogP contribution >= 0.6 is 23.2 Å². The smallest absolute Gasteiger partial charge is 0.290 e. The lowest BCUT2D eigenvalue weighted by molar-refractivity contribution is -0.664. The SMILES string of the molecule is Cc1n(C(F)F)c2ccccc2[n+]1CC(=O)c1ccc(Cl)cc1Cl. The van der Waals surface area contributed by atoms with E-state index in [9.17, 15) is 13.6 Å². The van der Waals surface area contributed by atoms with E-state index in [2.05, 4.69) is 0 Å². The van der Waals surface area contributed by atoms with Crippen LogP contribution in [0.2, 0.25) is 10.0 Å². The monoisotopic (exact) mass is 369 g/mol. The van der Waals surface area contributed by atoms with Gasteiger partial charge in [-0.25, -0.2) is 4.57 Å². The maximum absolute atomic E-state index is 13.4. The number of hydrogen-bond acceptors (Lipinski definition) is 1.